The molecular weight excluding hydrogens is 410 g/mol. The number of allylic oxidation sites excluding steroid dienone is 1. The first kappa shape index (κ1) is 21.4. The summed E-state index contributed by atoms with van der Waals surface area (Å²) in [5.74, 6) is 1.82. The minimum absolute atomic E-state index is 0.0130. The summed E-state index contributed by atoms with van der Waals surface area (Å²) in [6.07, 6.45) is 8.60. The number of nitrogens with one attached hydrogen (secondary N) is 1. The Kier molecular flexibility index (Phi) is 4.82. The van der Waals surface area contributed by atoms with Gasteiger partial charge in [-0.05, 0) is 92.8 Å². The molecule has 2 saturated heterocycles. The van der Waals surface area contributed by atoms with Crippen LogP contribution in [0.15, 0.2) is 35.9 Å². The predicted molar refractivity (Wildman–Crippen MR) is 129 cm³/mol. The SMILES string of the molecule is CC1(C)[C@H]2CC=C(CN3CCC([C@]4(C)NC(=O)N(C5Cc6ccccc6C5)C4=O)CC3)[C@@H]1C2. The number of imide groups is 1. The Morgan fingerprint density at radius 3 is 2.27 bits per heavy atom. The number of rotatable bonds is 4. The van der Waals surface area contributed by atoms with Gasteiger partial charge < -0.3 is 5.32 Å². The lowest BCUT2D eigenvalue weighted by atomic mass is 9.49. The second-order valence-corrected chi connectivity index (χ2v) is 12.0. The number of urea groups is 1. The van der Waals surface area contributed by atoms with E-state index in [1.165, 1.54) is 24.0 Å². The number of carbonyl (C=O) groups excluding carboxylic acids is 2. The fourth-order valence-corrected chi connectivity index (χ4v) is 7.59. The summed E-state index contributed by atoms with van der Waals surface area (Å²) in [6.45, 7) is 9.94. The lowest BCUT2D eigenvalue weighted by molar-refractivity contribution is -0.134. The molecule has 176 valence electrons. The van der Waals surface area contributed by atoms with Crippen molar-refractivity contribution in [1.82, 2.24) is 15.1 Å². The van der Waals surface area contributed by atoms with Crippen molar-refractivity contribution in [2.75, 3.05) is 19.6 Å². The minimum atomic E-state index is -0.773. The van der Waals surface area contributed by atoms with Crippen molar-refractivity contribution in [1.29, 1.82) is 0 Å². The lowest BCUT2D eigenvalue weighted by Crippen LogP contribution is -2.55. The van der Waals surface area contributed by atoms with Crippen LogP contribution in [0.5, 0.6) is 0 Å². The fraction of sp³-hybridized carbons (Fsp3) is 0.643. The Balaban J connectivity index is 1.09. The normalized spacial score (nSPS) is 34.2. The first-order valence-corrected chi connectivity index (χ1v) is 12.9. The van der Waals surface area contributed by atoms with Crippen LogP contribution in [0.4, 0.5) is 4.79 Å². The number of hydrogen-bond acceptors (Lipinski definition) is 3. The molecular formula is C28H37N3O2. The lowest BCUT2D eigenvalue weighted by Gasteiger charge is -2.57. The van der Waals surface area contributed by atoms with Gasteiger partial charge in [-0.1, -0.05) is 49.8 Å². The Morgan fingerprint density at radius 2 is 1.67 bits per heavy atom. The Labute approximate surface area is 197 Å². The van der Waals surface area contributed by atoms with Crippen molar-refractivity contribution in [3.05, 3.63) is 47.0 Å². The molecule has 1 saturated carbocycles. The highest BCUT2D eigenvalue weighted by molar-refractivity contribution is 6.07. The van der Waals surface area contributed by atoms with Gasteiger partial charge in [-0.15, -0.1) is 0 Å². The first-order chi connectivity index (χ1) is 15.8. The average Bonchev–Trinajstić information content (AvgIpc) is 3.32. The standard InChI is InChI=1S/C28H37N3O2/c1-27(2)22-9-8-20(24(27)16-22)17-30-12-10-21(11-13-30)28(3)25(32)31(26(33)29-28)23-14-18-6-4-5-7-19(18)15-23/h4-8,21-24H,9-17H2,1-3H3,(H,29,33)/t22-,24-,28-/m0/s1. The molecule has 0 unspecified atom stereocenters. The van der Waals surface area contributed by atoms with E-state index in [1.807, 2.05) is 19.1 Å². The largest absolute Gasteiger partial charge is 0.325 e. The molecule has 2 bridgehead atoms. The summed E-state index contributed by atoms with van der Waals surface area (Å²) in [6, 6.07) is 8.07. The van der Waals surface area contributed by atoms with Crippen LogP contribution in [0.25, 0.3) is 0 Å². The predicted octanol–water partition coefficient (Wildman–Crippen LogP) is 4.17. The number of benzene rings is 1. The monoisotopic (exact) mass is 447 g/mol. The second kappa shape index (κ2) is 7.43. The number of hydrogen-bond donors (Lipinski definition) is 1. The molecule has 3 atom stereocenters. The van der Waals surface area contributed by atoms with Gasteiger partial charge in [0.25, 0.3) is 5.91 Å². The van der Waals surface area contributed by atoms with Crippen LogP contribution >= 0.6 is 0 Å². The van der Waals surface area contributed by atoms with Crippen molar-refractivity contribution >= 4 is 11.9 Å². The smallest absolute Gasteiger partial charge is 0.323 e. The topological polar surface area (TPSA) is 52.7 Å². The summed E-state index contributed by atoms with van der Waals surface area (Å²) in [4.78, 5) is 30.7. The van der Waals surface area contributed by atoms with Gasteiger partial charge in [-0.3, -0.25) is 14.6 Å². The van der Waals surface area contributed by atoms with Gasteiger partial charge in [-0.2, -0.15) is 0 Å². The number of likely N-dealkylation sites (tertiary alicyclic amines) is 1. The Morgan fingerprint density at radius 1 is 1.00 bits per heavy atom. The number of fused-ring (bicyclic) bond motifs is 2. The molecule has 2 aliphatic heterocycles. The highest BCUT2D eigenvalue weighted by atomic mass is 16.2. The molecule has 5 nitrogen and oxygen atoms in total. The van der Waals surface area contributed by atoms with Crippen LogP contribution < -0.4 is 5.32 Å². The highest BCUT2D eigenvalue weighted by Crippen LogP contribution is 2.59. The molecule has 0 spiro atoms. The van der Waals surface area contributed by atoms with Crippen molar-refractivity contribution in [2.24, 2.45) is 23.2 Å². The van der Waals surface area contributed by atoms with Crippen molar-refractivity contribution in [3.8, 4) is 0 Å². The number of piperidine rings is 1. The van der Waals surface area contributed by atoms with E-state index < -0.39 is 5.54 Å². The third kappa shape index (κ3) is 3.22. The fourth-order valence-electron chi connectivity index (χ4n) is 7.59. The van der Waals surface area contributed by atoms with Crippen LogP contribution in [0.2, 0.25) is 0 Å². The molecule has 5 heteroatoms. The number of carbonyl (C=O) groups is 2. The summed E-state index contributed by atoms with van der Waals surface area (Å²) in [5, 5.41) is 3.13. The van der Waals surface area contributed by atoms with E-state index in [1.54, 1.807) is 10.5 Å². The molecule has 1 aromatic rings. The van der Waals surface area contributed by atoms with Gasteiger partial charge in [0.2, 0.25) is 0 Å². The van der Waals surface area contributed by atoms with E-state index in [9.17, 15) is 9.59 Å². The molecule has 0 aromatic heterocycles. The van der Waals surface area contributed by atoms with E-state index >= 15 is 0 Å². The summed E-state index contributed by atoms with van der Waals surface area (Å²) in [5.41, 5.74) is 3.88. The van der Waals surface area contributed by atoms with Gasteiger partial charge in [0.15, 0.2) is 0 Å². The van der Waals surface area contributed by atoms with E-state index in [2.05, 4.69) is 42.3 Å². The molecule has 1 aromatic carbocycles. The van der Waals surface area contributed by atoms with Crippen LogP contribution in [0.1, 0.15) is 57.6 Å². The first-order valence-electron chi connectivity index (χ1n) is 12.9. The van der Waals surface area contributed by atoms with E-state index in [4.69, 9.17) is 0 Å². The molecule has 7 rings (SSSR count). The van der Waals surface area contributed by atoms with Gasteiger partial charge in [0.05, 0.1) is 0 Å². The molecule has 3 fully saturated rings. The van der Waals surface area contributed by atoms with E-state index in [0.29, 0.717) is 5.41 Å². The summed E-state index contributed by atoms with van der Waals surface area (Å²) >= 11 is 0. The average molecular weight is 448 g/mol. The Hall–Kier alpha value is -2.14. The van der Waals surface area contributed by atoms with Crippen LogP contribution in [0.3, 0.4) is 0 Å². The van der Waals surface area contributed by atoms with Gasteiger partial charge in [0.1, 0.15) is 5.54 Å². The molecule has 3 amide bonds. The number of nitrogens with zero attached hydrogens (tertiary/aromatic N) is 2. The maximum atomic E-state index is 13.6. The molecule has 1 N–H and O–H groups in total. The molecule has 0 radical (unpaired) electrons. The zero-order chi connectivity index (χ0) is 23.0. The van der Waals surface area contributed by atoms with Crippen molar-refractivity contribution < 1.29 is 9.59 Å². The van der Waals surface area contributed by atoms with E-state index in [-0.39, 0.29) is 23.9 Å². The Bertz CT molecular complexity index is 997. The van der Waals surface area contributed by atoms with E-state index in [0.717, 1.165) is 57.2 Å². The highest BCUT2D eigenvalue weighted by Gasteiger charge is 2.55. The third-order valence-corrected chi connectivity index (χ3v) is 10.0. The van der Waals surface area contributed by atoms with Crippen LogP contribution in [-0.4, -0.2) is 53.0 Å². The van der Waals surface area contributed by atoms with Gasteiger partial charge in [-0.25, -0.2) is 4.79 Å². The van der Waals surface area contributed by atoms with Crippen LogP contribution in [-0.2, 0) is 17.6 Å². The third-order valence-electron chi connectivity index (χ3n) is 10.0. The van der Waals surface area contributed by atoms with Crippen LogP contribution in [0, 0.1) is 23.2 Å². The molecule has 2 heterocycles. The summed E-state index contributed by atoms with van der Waals surface area (Å²) < 4.78 is 0. The quantitative estimate of drug-likeness (QED) is 0.557. The molecule has 4 aliphatic carbocycles. The van der Waals surface area contributed by atoms with Gasteiger partial charge in [0, 0.05) is 12.6 Å². The molecule has 6 aliphatic rings. The van der Waals surface area contributed by atoms with Crippen molar-refractivity contribution in [2.45, 2.75) is 70.9 Å². The maximum Gasteiger partial charge on any atom is 0.325 e. The number of amides is 3. The second-order valence-electron chi connectivity index (χ2n) is 12.0. The van der Waals surface area contributed by atoms with Crippen molar-refractivity contribution in [3.63, 3.8) is 0 Å². The van der Waals surface area contributed by atoms with Gasteiger partial charge >= 0.3 is 6.03 Å². The molecule has 33 heavy (non-hydrogen) atoms. The zero-order valence-electron chi connectivity index (χ0n) is 20.3. The summed E-state index contributed by atoms with van der Waals surface area (Å²) in [7, 11) is 0. The maximum absolute atomic E-state index is 13.6. The minimum Gasteiger partial charge on any atom is -0.323 e. The zero-order valence-corrected chi connectivity index (χ0v) is 20.3.